The summed E-state index contributed by atoms with van der Waals surface area (Å²) in [5.41, 5.74) is 15.7. The lowest BCUT2D eigenvalue weighted by atomic mass is 9.98. The van der Waals surface area contributed by atoms with Crippen LogP contribution in [0.25, 0.3) is 121 Å². The standard InChI is InChI=1S/C60H38N4/c1-3-17-45(18-4-1)63-57-35-41(43-29-31-61-55(33-43)49-23-11-15-39-13-7-9-21-47(39)49)25-27-51(57)53-38-60-54(37-59(53)63)52-28-26-42(36-58(52)64(60)46-19-5-2-6-20-46)44-30-32-62-56(34-44)50-24-12-16-40-14-8-10-22-48(40)50/h1-38H. The molecule has 4 aromatic heterocycles. The Kier molecular flexibility index (Phi) is 8.18. The highest BCUT2D eigenvalue weighted by Gasteiger charge is 2.20. The second kappa shape index (κ2) is 14.5. The van der Waals surface area contributed by atoms with Gasteiger partial charge in [-0.05, 0) is 117 Å². The number of pyridine rings is 2. The van der Waals surface area contributed by atoms with Gasteiger partial charge in [-0.2, -0.15) is 0 Å². The Bertz CT molecular complexity index is 3680. The molecular formula is C60H38N4. The molecule has 4 heteroatoms. The number of fused-ring (bicyclic) bond motifs is 8. The molecule has 64 heavy (non-hydrogen) atoms. The van der Waals surface area contributed by atoms with Crippen molar-refractivity contribution in [3.8, 4) is 56.1 Å². The summed E-state index contributed by atoms with van der Waals surface area (Å²) in [7, 11) is 0. The molecule has 0 bridgehead atoms. The smallest absolute Gasteiger partial charge is 0.0714 e. The highest BCUT2D eigenvalue weighted by molar-refractivity contribution is 6.19. The van der Waals surface area contributed by atoms with Crippen molar-refractivity contribution in [2.75, 3.05) is 0 Å². The average molecular weight is 815 g/mol. The fourth-order valence-electron chi connectivity index (χ4n) is 10.0. The molecular weight excluding hydrogens is 777 g/mol. The molecule has 0 unspecified atom stereocenters. The Morgan fingerprint density at radius 1 is 0.266 bits per heavy atom. The molecule has 0 N–H and O–H groups in total. The Labute approximate surface area is 369 Å². The summed E-state index contributed by atoms with van der Waals surface area (Å²) in [6.45, 7) is 0. The minimum Gasteiger partial charge on any atom is -0.309 e. The van der Waals surface area contributed by atoms with Crippen molar-refractivity contribution >= 4 is 65.2 Å². The van der Waals surface area contributed by atoms with E-state index < -0.39 is 0 Å². The number of hydrogen-bond donors (Lipinski definition) is 0. The van der Waals surface area contributed by atoms with E-state index in [1.165, 1.54) is 54.1 Å². The maximum Gasteiger partial charge on any atom is 0.0714 e. The normalized spacial score (nSPS) is 11.8. The molecule has 0 saturated heterocycles. The van der Waals surface area contributed by atoms with E-state index in [4.69, 9.17) is 9.97 Å². The van der Waals surface area contributed by atoms with Gasteiger partial charge in [-0.15, -0.1) is 0 Å². The second-order valence-corrected chi connectivity index (χ2v) is 16.6. The summed E-state index contributed by atoms with van der Waals surface area (Å²) in [6.07, 6.45) is 3.88. The van der Waals surface area contributed by atoms with Crippen LogP contribution in [0.4, 0.5) is 0 Å². The van der Waals surface area contributed by atoms with Crippen molar-refractivity contribution in [2.45, 2.75) is 0 Å². The van der Waals surface area contributed by atoms with E-state index in [1.54, 1.807) is 0 Å². The van der Waals surface area contributed by atoms with E-state index in [2.05, 4.69) is 228 Å². The van der Waals surface area contributed by atoms with Crippen LogP contribution < -0.4 is 0 Å². The van der Waals surface area contributed by atoms with Gasteiger partial charge in [-0.1, -0.05) is 146 Å². The van der Waals surface area contributed by atoms with E-state index in [0.29, 0.717) is 0 Å². The van der Waals surface area contributed by atoms with Crippen LogP contribution in [0, 0.1) is 0 Å². The van der Waals surface area contributed by atoms with Crippen LogP contribution in [-0.4, -0.2) is 19.1 Å². The van der Waals surface area contributed by atoms with Gasteiger partial charge in [0.1, 0.15) is 0 Å². The summed E-state index contributed by atoms with van der Waals surface area (Å²) in [6, 6.07) is 78.9. The first kappa shape index (κ1) is 36.1. The Hall–Kier alpha value is -8.60. The summed E-state index contributed by atoms with van der Waals surface area (Å²) < 4.78 is 4.87. The van der Waals surface area contributed by atoms with Crippen molar-refractivity contribution in [3.05, 3.63) is 231 Å². The predicted molar refractivity (Wildman–Crippen MR) is 267 cm³/mol. The van der Waals surface area contributed by atoms with Crippen molar-refractivity contribution < 1.29 is 0 Å². The summed E-state index contributed by atoms with van der Waals surface area (Å²) in [5.74, 6) is 0. The van der Waals surface area contributed by atoms with Crippen molar-refractivity contribution in [3.63, 3.8) is 0 Å². The molecule has 0 aliphatic heterocycles. The van der Waals surface area contributed by atoms with Gasteiger partial charge in [0, 0.05) is 56.4 Å². The zero-order valence-electron chi connectivity index (χ0n) is 34.7. The fourth-order valence-corrected chi connectivity index (χ4v) is 10.0. The minimum absolute atomic E-state index is 0.964. The quantitative estimate of drug-likeness (QED) is 0.168. The van der Waals surface area contributed by atoms with Crippen LogP contribution in [-0.2, 0) is 0 Å². The Balaban J connectivity index is 1.01. The number of para-hydroxylation sites is 2. The molecule has 0 radical (unpaired) electrons. The maximum atomic E-state index is 4.87. The summed E-state index contributed by atoms with van der Waals surface area (Å²) >= 11 is 0. The van der Waals surface area contributed by atoms with E-state index in [9.17, 15) is 0 Å². The molecule has 4 nitrogen and oxygen atoms in total. The maximum absolute atomic E-state index is 4.87. The largest absolute Gasteiger partial charge is 0.309 e. The van der Waals surface area contributed by atoms with Gasteiger partial charge in [-0.25, -0.2) is 0 Å². The summed E-state index contributed by atoms with van der Waals surface area (Å²) in [5, 5.41) is 9.65. The number of hydrogen-bond acceptors (Lipinski definition) is 2. The van der Waals surface area contributed by atoms with Crippen LogP contribution in [0.2, 0.25) is 0 Å². The molecule has 0 spiro atoms. The minimum atomic E-state index is 0.964. The predicted octanol–water partition coefficient (Wildman–Crippen LogP) is 15.6. The molecule has 9 aromatic carbocycles. The second-order valence-electron chi connectivity index (χ2n) is 16.6. The van der Waals surface area contributed by atoms with Crippen molar-refractivity contribution in [1.82, 2.24) is 19.1 Å². The molecule has 0 amide bonds. The monoisotopic (exact) mass is 814 g/mol. The topological polar surface area (TPSA) is 35.6 Å². The van der Waals surface area contributed by atoms with Gasteiger partial charge < -0.3 is 9.13 Å². The van der Waals surface area contributed by atoms with E-state index >= 15 is 0 Å². The zero-order chi connectivity index (χ0) is 42.1. The first-order valence-electron chi connectivity index (χ1n) is 21.8. The highest BCUT2D eigenvalue weighted by atomic mass is 15.0. The number of rotatable bonds is 6. The lowest BCUT2D eigenvalue weighted by Crippen LogP contribution is -1.94. The lowest BCUT2D eigenvalue weighted by Gasteiger charge is -2.11. The number of nitrogens with zero attached hydrogens (tertiary/aromatic N) is 4. The molecule has 13 aromatic rings. The fraction of sp³-hybridized carbons (Fsp3) is 0. The van der Waals surface area contributed by atoms with Crippen LogP contribution in [0.15, 0.2) is 231 Å². The third-order valence-corrected chi connectivity index (χ3v) is 13.0. The SMILES string of the molecule is c1ccc(-n2c3cc(-c4ccnc(-c5cccc6ccccc56)c4)ccc3c3cc4c(cc32)c2ccc(-c3ccnc(-c5cccc6ccccc56)c3)cc2n4-c2ccccc2)cc1. The summed E-state index contributed by atoms with van der Waals surface area (Å²) in [4.78, 5) is 9.74. The number of aromatic nitrogens is 4. The van der Waals surface area contributed by atoms with Crippen molar-refractivity contribution in [1.29, 1.82) is 0 Å². The van der Waals surface area contributed by atoms with Crippen LogP contribution in [0.1, 0.15) is 0 Å². The first-order chi connectivity index (χ1) is 31.7. The zero-order valence-corrected chi connectivity index (χ0v) is 34.7. The molecule has 0 atom stereocenters. The number of benzene rings is 9. The van der Waals surface area contributed by atoms with Gasteiger partial charge in [0.15, 0.2) is 0 Å². The van der Waals surface area contributed by atoms with E-state index in [0.717, 1.165) is 67.2 Å². The van der Waals surface area contributed by atoms with Crippen molar-refractivity contribution in [2.24, 2.45) is 0 Å². The van der Waals surface area contributed by atoms with E-state index in [-0.39, 0.29) is 0 Å². The molecule has 0 fully saturated rings. The molecule has 298 valence electrons. The Morgan fingerprint density at radius 2 is 0.656 bits per heavy atom. The molecule has 0 saturated carbocycles. The van der Waals surface area contributed by atoms with Gasteiger partial charge in [0.2, 0.25) is 0 Å². The van der Waals surface area contributed by atoms with Crippen LogP contribution in [0.5, 0.6) is 0 Å². The van der Waals surface area contributed by atoms with Gasteiger partial charge in [0.05, 0.1) is 33.5 Å². The van der Waals surface area contributed by atoms with Gasteiger partial charge >= 0.3 is 0 Å². The molecule has 13 rings (SSSR count). The molecule has 0 aliphatic carbocycles. The highest BCUT2D eigenvalue weighted by Crippen LogP contribution is 2.42. The lowest BCUT2D eigenvalue weighted by molar-refractivity contribution is 1.17. The average Bonchev–Trinajstić information content (AvgIpc) is 3.86. The third-order valence-electron chi connectivity index (χ3n) is 13.0. The van der Waals surface area contributed by atoms with Gasteiger partial charge in [0.25, 0.3) is 0 Å². The van der Waals surface area contributed by atoms with Gasteiger partial charge in [-0.3, -0.25) is 9.97 Å². The Morgan fingerprint density at radius 3 is 1.12 bits per heavy atom. The van der Waals surface area contributed by atoms with E-state index in [1.807, 2.05) is 12.4 Å². The first-order valence-corrected chi connectivity index (χ1v) is 21.8. The van der Waals surface area contributed by atoms with Crippen LogP contribution >= 0.6 is 0 Å². The molecule has 0 aliphatic rings. The molecule has 4 heterocycles. The third kappa shape index (κ3) is 5.77. The van der Waals surface area contributed by atoms with Crippen LogP contribution in [0.3, 0.4) is 0 Å².